The van der Waals surface area contributed by atoms with Crippen LogP contribution in [-0.2, 0) is 17.9 Å². The molecule has 1 aliphatic rings. The highest BCUT2D eigenvalue weighted by Gasteiger charge is 2.15. The van der Waals surface area contributed by atoms with Gasteiger partial charge >= 0.3 is 0 Å². The minimum absolute atomic E-state index is 0.190. The monoisotopic (exact) mass is 423 g/mol. The Morgan fingerprint density at radius 2 is 1.90 bits per heavy atom. The molecule has 9 heteroatoms. The Morgan fingerprint density at radius 3 is 2.71 bits per heavy atom. The van der Waals surface area contributed by atoms with Gasteiger partial charge in [0.15, 0.2) is 11.5 Å². The molecule has 4 rings (SSSR count). The minimum atomic E-state index is -0.380. The smallest absolute Gasteiger partial charge is 0.267 e. The van der Waals surface area contributed by atoms with Crippen LogP contribution in [0.4, 0.5) is 0 Å². The van der Waals surface area contributed by atoms with Crippen molar-refractivity contribution in [3.63, 3.8) is 0 Å². The molecule has 31 heavy (non-hydrogen) atoms. The van der Waals surface area contributed by atoms with Crippen LogP contribution < -0.4 is 29.8 Å². The molecule has 3 aromatic rings. The van der Waals surface area contributed by atoms with Crippen LogP contribution >= 0.6 is 0 Å². The average molecular weight is 423 g/mol. The van der Waals surface area contributed by atoms with Crippen LogP contribution in [0.25, 0.3) is 11.3 Å². The Hall–Kier alpha value is -4.01. The molecule has 0 saturated carbocycles. The lowest BCUT2D eigenvalue weighted by molar-refractivity contribution is -0.122. The van der Waals surface area contributed by atoms with Crippen molar-refractivity contribution in [1.82, 2.24) is 15.1 Å². The van der Waals surface area contributed by atoms with Gasteiger partial charge in [-0.15, -0.1) is 0 Å². The number of amides is 1. The fourth-order valence-corrected chi connectivity index (χ4v) is 3.16. The van der Waals surface area contributed by atoms with E-state index >= 15 is 0 Å². The van der Waals surface area contributed by atoms with Gasteiger partial charge in [-0.25, -0.2) is 4.68 Å². The Morgan fingerprint density at radius 1 is 1.06 bits per heavy atom. The zero-order chi connectivity index (χ0) is 21.8. The predicted octanol–water partition coefficient (Wildman–Crippen LogP) is 1.97. The average Bonchev–Trinajstić information content (AvgIpc) is 3.26. The van der Waals surface area contributed by atoms with E-state index in [0.717, 1.165) is 10.2 Å². The van der Waals surface area contributed by atoms with Gasteiger partial charge in [0.25, 0.3) is 5.56 Å². The van der Waals surface area contributed by atoms with Crippen molar-refractivity contribution in [2.45, 2.75) is 13.1 Å². The maximum Gasteiger partial charge on any atom is 0.267 e. The summed E-state index contributed by atoms with van der Waals surface area (Å²) in [5.74, 6) is 2.16. The van der Waals surface area contributed by atoms with Crippen LogP contribution in [0.3, 0.4) is 0 Å². The Labute approximate surface area is 178 Å². The van der Waals surface area contributed by atoms with E-state index in [1.807, 2.05) is 12.1 Å². The Kier molecular flexibility index (Phi) is 5.74. The van der Waals surface area contributed by atoms with Crippen LogP contribution in [-0.4, -0.2) is 36.7 Å². The van der Waals surface area contributed by atoms with Crippen molar-refractivity contribution in [3.05, 3.63) is 64.4 Å². The molecular weight excluding hydrogens is 402 g/mol. The number of ether oxygens (including phenoxy) is 4. The molecule has 1 N–H and O–H groups in total. The van der Waals surface area contributed by atoms with E-state index in [1.165, 1.54) is 13.2 Å². The number of benzene rings is 2. The minimum Gasteiger partial charge on any atom is -0.497 e. The highest BCUT2D eigenvalue weighted by atomic mass is 16.7. The van der Waals surface area contributed by atoms with Gasteiger partial charge in [-0.3, -0.25) is 9.59 Å². The van der Waals surface area contributed by atoms with Gasteiger partial charge < -0.3 is 24.3 Å². The number of rotatable bonds is 7. The maximum atomic E-state index is 12.4. The summed E-state index contributed by atoms with van der Waals surface area (Å²) in [6.07, 6.45) is 0. The van der Waals surface area contributed by atoms with Crippen LogP contribution in [0, 0.1) is 0 Å². The van der Waals surface area contributed by atoms with Crippen molar-refractivity contribution in [2.24, 2.45) is 0 Å². The first-order valence-corrected chi connectivity index (χ1v) is 9.53. The number of nitrogens with one attached hydrogen (secondary N) is 1. The van der Waals surface area contributed by atoms with Gasteiger partial charge in [0.2, 0.25) is 12.7 Å². The van der Waals surface area contributed by atoms with E-state index in [4.69, 9.17) is 18.9 Å². The summed E-state index contributed by atoms with van der Waals surface area (Å²) in [5.41, 5.74) is 1.66. The zero-order valence-electron chi connectivity index (χ0n) is 17.1. The number of hydrogen-bond donors (Lipinski definition) is 1. The summed E-state index contributed by atoms with van der Waals surface area (Å²) >= 11 is 0. The van der Waals surface area contributed by atoms with Crippen LogP contribution in [0.15, 0.2) is 53.3 Å². The van der Waals surface area contributed by atoms with Crippen LogP contribution in [0.5, 0.6) is 23.0 Å². The number of nitrogens with zero attached hydrogens (tertiary/aromatic N) is 2. The molecule has 0 radical (unpaired) electrons. The maximum absolute atomic E-state index is 12.4. The van der Waals surface area contributed by atoms with E-state index in [0.29, 0.717) is 34.3 Å². The van der Waals surface area contributed by atoms with Crippen molar-refractivity contribution in [1.29, 1.82) is 0 Å². The molecular formula is C22H21N3O6. The van der Waals surface area contributed by atoms with E-state index in [1.54, 1.807) is 37.4 Å². The van der Waals surface area contributed by atoms with Gasteiger partial charge in [-0.05, 0) is 35.9 Å². The summed E-state index contributed by atoms with van der Waals surface area (Å²) in [4.78, 5) is 24.7. The number of aromatic nitrogens is 2. The van der Waals surface area contributed by atoms with E-state index in [-0.39, 0.29) is 31.3 Å². The fourth-order valence-electron chi connectivity index (χ4n) is 3.16. The molecule has 1 amide bonds. The molecule has 1 aliphatic heterocycles. The number of fused-ring (bicyclic) bond motifs is 1. The van der Waals surface area contributed by atoms with Crippen LogP contribution in [0.2, 0.25) is 0 Å². The molecule has 160 valence electrons. The highest BCUT2D eigenvalue weighted by Crippen LogP contribution is 2.33. The lowest BCUT2D eigenvalue weighted by Gasteiger charge is -2.12. The third-order valence-corrected chi connectivity index (χ3v) is 4.77. The predicted molar refractivity (Wildman–Crippen MR) is 111 cm³/mol. The largest absolute Gasteiger partial charge is 0.497 e. The van der Waals surface area contributed by atoms with Gasteiger partial charge in [0.05, 0.1) is 19.9 Å². The lowest BCUT2D eigenvalue weighted by atomic mass is 10.1. The van der Waals surface area contributed by atoms with Gasteiger partial charge in [-0.1, -0.05) is 6.07 Å². The highest BCUT2D eigenvalue weighted by molar-refractivity contribution is 5.75. The molecule has 2 heterocycles. The van der Waals surface area contributed by atoms with Crippen molar-refractivity contribution >= 4 is 5.91 Å². The van der Waals surface area contributed by atoms with Gasteiger partial charge in [-0.2, -0.15) is 5.10 Å². The molecule has 2 aromatic carbocycles. The number of hydrogen-bond acceptors (Lipinski definition) is 7. The van der Waals surface area contributed by atoms with Crippen molar-refractivity contribution < 1.29 is 23.7 Å². The third kappa shape index (κ3) is 4.45. The van der Waals surface area contributed by atoms with Crippen LogP contribution in [0.1, 0.15) is 5.56 Å². The van der Waals surface area contributed by atoms with Crippen molar-refractivity contribution in [3.8, 4) is 34.3 Å². The fraction of sp³-hybridized carbons (Fsp3) is 0.227. The Balaban J connectivity index is 1.47. The molecule has 0 unspecified atom stereocenters. The van der Waals surface area contributed by atoms with Crippen molar-refractivity contribution in [2.75, 3.05) is 21.0 Å². The Bertz CT molecular complexity index is 1170. The molecule has 0 atom stereocenters. The first-order chi connectivity index (χ1) is 15.1. The first-order valence-electron chi connectivity index (χ1n) is 9.53. The summed E-state index contributed by atoms with van der Waals surface area (Å²) in [7, 11) is 3.10. The summed E-state index contributed by atoms with van der Waals surface area (Å²) in [6.45, 7) is 0.265. The molecule has 0 fully saturated rings. The van der Waals surface area contributed by atoms with E-state index in [9.17, 15) is 9.59 Å². The molecule has 0 spiro atoms. The van der Waals surface area contributed by atoms with E-state index < -0.39 is 0 Å². The molecule has 9 nitrogen and oxygen atoms in total. The molecule has 0 aliphatic carbocycles. The van der Waals surface area contributed by atoms with Gasteiger partial charge in [0, 0.05) is 24.2 Å². The topological polar surface area (TPSA) is 101 Å². The zero-order valence-corrected chi connectivity index (χ0v) is 17.1. The standard InChI is InChI=1S/C22H21N3O6/c1-28-15-4-5-16(19(10-15)29-2)17-6-8-22(27)25(24-17)12-21(26)23-11-14-3-7-18-20(9-14)31-13-30-18/h3-10H,11-13H2,1-2H3,(H,23,26). The second-order valence-corrected chi connectivity index (χ2v) is 6.75. The molecule has 0 bridgehead atoms. The quantitative estimate of drug-likeness (QED) is 0.620. The molecule has 1 aromatic heterocycles. The second kappa shape index (κ2) is 8.78. The normalized spacial score (nSPS) is 11.8. The summed E-state index contributed by atoms with van der Waals surface area (Å²) in [6, 6.07) is 13.7. The van der Waals surface area contributed by atoms with E-state index in [2.05, 4.69) is 10.4 Å². The number of carbonyl (C=O) groups is 1. The number of carbonyl (C=O) groups excluding carboxylic acids is 1. The molecule has 0 saturated heterocycles. The summed E-state index contributed by atoms with van der Waals surface area (Å²) in [5, 5.41) is 7.12. The summed E-state index contributed by atoms with van der Waals surface area (Å²) < 4.78 is 22.3. The second-order valence-electron chi connectivity index (χ2n) is 6.75. The lowest BCUT2D eigenvalue weighted by Crippen LogP contribution is -2.33. The third-order valence-electron chi connectivity index (χ3n) is 4.77. The first kappa shape index (κ1) is 20.3. The number of methoxy groups -OCH3 is 2. The SMILES string of the molecule is COc1ccc(-c2ccc(=O)n(CC(=O)NCc3ccc4c(c3)OCO4)n2)c(OC)c1. The van der Waals surface area contributed by atoms with Gasteiger partial charge in [0.1, 0.15) is 18.0 Å².